The average Bonchev–Trinajstić information content (AvgIpc) is 3.24. The van der Waals surface area contributed by atoms with Crippen LogP contribution in [0.5, 0.6) is 23.3 Å². The fraction of sp³-hybridized carbons (Fsp3) is 0.200. The molecule has 1 unspecified atom stereocenters. The fourth-order valence-electron chi connectivity index (χ4n) is 3.42. The Hall–Kier alpha value is -3.69. The quantitative estimate of drug-likeness (QED) is 0.354. The van der Waals surface area contributed by atoms with Crippen molar-refractivity contribution < 1.29 is 17.9 Å². The predicted molar refractivity (Wildman–Crippen MR) is 129 cm³/mol. The summed E-state index contributed by atoms with van der Waals surface area (Å²) < 4.78 is 42.2. The second-order valence-electron chi connectivity index (χ2n) is 7.72. The molecule has 0 bridgehead atoms. The number of sulfonamides is 1. The molecular weight excluding hydrogens is 452 g/mol. The number of pyridine rings is 1. The van der Waals surface area contributed by atoms with Crippen molar-refractivity contribution in [3.63, 3.8) is 0 Å². The molecule has 0 fully saturated rings. The molecule has 0 saturated heterocycles. The molecule has 4 rings (SSSR count). The normalized spacial score (nSPS) is 12.3. The zero-order valence-electron chi connectivity index (χ0n) is 19.2. The smallest absolute Gasteiger partial charge is 0.302 e. The van der Waals surface area contributed by atoms with Crippen LogP contribution in [0, 0.1) is 6.92 Å². The molecule has 9 heteroatoms. The Bertz CT molecular complexity index is 1340. The van der Waals surface area contributed by atoms with Gasteiger partial charge < -0.3 is 9.47 Å². The van der Waals surface area contributed by atoms with E-state index in [9.17, 15) is 8.42 Å². The molecule has 4 aromatic rings. The van der Waals surface area contributed by atoms with Crippen molar-refractivity contribution in [1.29, 1.82) is 0 Å². The number of aromatic nitrogens is 3. The van der Waals surface area contributed by atoms with Crippen LogP contribution in [-0.2, 0) is 16.6 Å². The first-order valence-electron chi connectivity index (χ1n) is 10.9. The molecule has 0 amide bonds. The Balaban J connectivity index is 1.47. The molecule has 1 atom stereocenters. The third-order valence-electron chi connectivity index (χ3n) is 5.19. The number of imidazole rings is 1. The first-order valence-corrected chi connectivity index (χ1v) is 12.3. The van der Waals surface area contributed by atoms with Gasteiger partial charge in [0.15, 0.2) is 0 Å². The van der Waals surface area contributed by atoms with Gasteiger partial charge in [0.2, 0.25) is 10.0 Å². The van der Waals surface area contributed by atoms with Crippen LogP contribution in [0.15, 0.2) is 84.1 Å². The van der Waals surface area contributed by atoms with Gasteiger partial charge in [0.05, 0.1) is 22.8 Å². The molecule has 0 aliphatic carbocycles. The Morgan fingerprint density at radius 3 is 2.15 bits per heavy atom. The van der Waals surface area contributed by atoms with Gasteiger partial charge in [0.1, 0.15) is 17.2 Å². The Kier molecular flexibility index (Phi) is 6.95. The number of nitrogens with one attached hydrogen (secondary N) is 1. The van der Waals surface area contributed by atoms with E-state index >= 15 is 0 Å². The summed E-state index contributed by atoms with van der Waals surface area (Å²) >= 11 is 0. The molecule has 2 heterocycles. The van der Waals surface area contributed by atoms with E-state index in [0.29, 0.717) is 35.5 Å². The predicted octanol–water partition coefficient (Wildman–Crippen LogP) is 5.23. The highest BCUT2D eigenvalue weighted by Gasteiger charge is 2.22. The lowest BCUT2D eigenvalue weighted by Crippen LogP contribution is -2.28. The number of benzene rings is 2. The van der Waals surface area contributed by atoms with Crippen molar-refractivity contribution in [1.82, 2.24) is 19.3 Å². The van der Waals surface area contributed by atoms with Gasteiger partial charge in [-0.2, -0.15) is 0 Å². The fourth-order valence-corrected chi connectivity index (χ4v) is 4.63. The second kappa shape index (κ2) is 10.1. The highest BCUT2D eigenvalue weighted by Crippen LogP contribution is 2.27. The maximum absolute atomic E-state index is 13.0. The molecule has 0 radical (unpaired) electrons. The monoisotopic (exact) mass is 478 g/mol. The number of ether oxygens (including phenoxy) is 2. The summed E-state index contributed by atoms with van der Waals surface area (Å²) in [6, 6.07) is 17.2. The van der Waals surface area contributed by atoms with Gasteiger partial charge in [-0.05, 0) is 69.3 Å². The van der Waals surface area contributed by atoms with Crippen molar-refractivity contribution in [3.05, 3.63) is 90.5 Å². The molecule has 176 valence electrons. The lowest BCUT2D eigenvalue weighted by atomic mass is 10.2. The van der Waals surface area contributed by atoms with Crippen LogP contribution in [0.2, 0.25) is 0 Å². The Labute approximate surface area is 199 Å². The minimum Gasteiger partial charge on any atom is -0.457 e. The van der Waals surface area contributed by atoms with Crippen LogP contribution < -0.4 is 14.2 Å². The highest BCUT2D eigenvalue weighted by atomic mass is 32.2. The lowest BCUT2D eigenvalue weighted by Gasteiger charge is -2.17. The standard InChI is InChI=1S/C25H26N4O4S/c1-4-29-24(17-27-25(29)33-21-7-5-18(2)6-8-21)19(3)28-34(30,31)23-11-9-20(10-12-23)32-22-13-15-26-16-14-22/h5-17,19,28H,4H2,1-3H3. The van der Waals surface area contributed by atoms with Crippen LogP contribution in [0.4, 0.5) is 0 Å². The van der Waals surface area contributed by atoms with E-state index in [1.54, 1.807) is 49.8 Å². The number of aryl methyl sites for hydroxylation is 1. The molecule has 1 N–H and O–H groups in total. The Morgan fingerprint density at radius 2 is 1.50 bits per heavy atom. The first kappa shape index (κ1) is 23.5. The molecule has 2 aromatic carbocycles. The molecular formula is C25H26N4O4S. The SMILES string of the molecule is CCn1c(C(C)NS(=O)(=O)c2ccc(Oc3ccncc3)cc2)cnc1Oc1ccc(C)cc1. The molecule has 2 aromatic heterocycles. The minimum absolute atomic E-state index is 0.139. The number of nitrogens with zero attached hydrogens (tertiary/aromatic N) is 3. The van der Waals surface area contributed by atoms with E-state index in [2.05, 4.69) is 14.7 Å². The maximum atomic E-state index is 13.0. The van der Waals surface area contributed by atoms with Gasteiger partial charge in [-0.15, -0.1) is 0 Å². The van der Waals surface area contributed by atoms with E-state index in [4.69, 9.17) is 9.47 Å². The third kappa shape index (κ3) is 5.44. The van der Waals surface area contributed by atoms with Gasteiger partial charge in [-0.1, -0.05) is 17.7 Å². The molecule has 34 heavy (non-hydrogen) atoms. The van der Waals surface area contributed by atoms with Gasteiger partial charge >= 0.3 is 6.01 Å². The molecule has 0 aliphatic rings. The summed E-state index contributed by atoms with van der Waals surface area (Å²) in [6.07, 6.45) is 4.88. The van der Waals surface area contributed by atoms with Gasteiger partial charge in [0.25, 0.3) is 0 Å². The summed E-state index contributed by atoms with van der Waals surface area (Å²) in [7, 11) is -3.77. The summed E-state index contributed by atoms with van der Waals surface area (Å²) in [5.74, 6) is 1.81. The lowest BCUT2D eigenvalue weighted by molar-refractivity contribution is 0.408. The average molecular weight is 479 g/mol. The van der Waals surface area contributed by atoms with Crippen LogP contribution in [0.25, 0.3) is 0 Å². The van der Waals surface area contributed by atoms with E-state index < -0.39 is 16.1 Å². The van der Waals surface area contributed by atoms with Crippen LogP contribution in [0.1, 0.15) is 31.1 Å². The largest absolute Gasteiger partial charge is 0.457 e. The second-order valence-corrected chi connectivity index (χ2v) is 9.44. The van der Waals surface area contributed by atoms with E-state index in [1.807, 2.05) is 42.7 Å². The van der Waals surface area contributed by atoms with Gasteiger partial charge in [-0.3, -0.25) is 9.55 Å². The zero-order chi connectivity index (χ0) is 24.1. The van der Waals surface area contributed by atoms with Crippen molar-refractivity contribution in [2.75, 3.05) is 0 Å². The number of hydrogen-bond acceptors (Lipinski definition) is 6. The zero-order valence-corrected chi connectivity index (χ0v) is 20.0. The third-order valence-corrected chi connectivity index (χ3v) is 6.75. The molecule has 0 saturated carbocycles. The van der Waals surface area contributed by atoms with E-state index in [-0.39, 0.29) is 4.90 Å². The molecule has 0 spiro atoms. The van der Waals surface area contributed by atoms with Crippen molar-refractivity contribution in [3.8, 4) is 23.3 Å². The van der Waals surface area contributed by atoms with Crippen LogP contribution >= 0.6 is 0 Å². The summed E-state index contributed by atoms with van der Waals surface area (Å²) in [5, 5.41) is 0. The first-order chi connectivity index (χ1) is 16.4. The van der Waals surface area contributed by atoms with E-state index in [1.165, 1.54) is 12.1 Å². The molecule has 8 nitrogen and oxygen atoms in total. The Morgan fingerprint density at radius 1 is 0.912 bits per heavy atom. The maximum Gasteiger partial charge on any atom is 0.302 e. The van der Waals surface area contributed by atoms with E-state index in [0.717, 1.165) is 5.56 Å². The van der Waals surface area contributed by atoms with Gasteiger partial charge in [0, 0.05) is 18.9 Å². The van der Waals surface area contributed by atoms with Crippen molar-refractivity contribution in [2.24, 2.45) is 0 Å². The summed E-state index contributed by atoms with van der Waals surface area (Å²) in [6.45, 7) is 6.31. The molecule has 0 aliphatic heterocycles. The van der Waals surface area contributed by atoms with Crippen LogP contribution in [0.3, 0.4) is 0 Å². The van der Waals surface area contributed by atoms with Crippen molar-refractivity contribution >= 4 is 10.0 Å². The number of rotatable bonds is 9. The van der Waals surface area contributed by atoms with Crippen molar-refractivity contribution in [2.45, 2.75) is 38.3 Å². The minimum atomic E-state index is -3.77. The highest BCUT2D eigenvalue weighted by molar-refractivity contribution is 7.89. The summed E-state index contributed by atoms with van der Waals surface area (Å²) in [4.78, 5) is 8.45. The van der Waals surface area contributed by atoms with Crippen LogP contribution in [-0.4, -0.2) is 23.0 Å². The number of hydrogen-bond donors (Lipinski definition) is 1. The summed E-state index contributed by atoms with van der Waals surface area (Å²) in [5.41, 5.74) is 1.83. The topological polar surface area (TPSA) is 95.3 Å². The van der Waals surface area contributed by atoms with Gasteiger partial charge in [-0.25, -0.2) is 18.1 Å².